The average Bonchev–Trinajstić information content (AvgIpc) is 2.90. The molecule has 0 N–H and O–H groups in total. The molecule has 1 heteroatoms. The molecule has 22 heavy (non-hydrogen) atoms. The lowest BCUT2D eigenvalue weighted by molar-refractivity contribution is 0.414. The summed E-state index contributed by atoms with van der Waals surface area (Å²) >= 11 is 0. The molecular formula is C21H18O. The maximum Gasteiger partial charge on any atom is 0.118 e. The summed E-state index contributed by atoms with van der Waals surface area (Å²) in [4.78, 5) is 0. The Morgan fingerprint density at radius 1 is 0.727 bits per heavy atom. The van der Waals surface area contributed by atoms with Crippen molar-refractivity contribution in [3.63, 3.8) is 0 Å². The van der Waals surface area contributed by atoms with Gasteiger partial charge in [0.1, 0.15) is 5.75 Å². The highest BCUT2D eigenvalue weighted by molar-refractivity contribution is 5.78. The molecule has 0 atom stereocenters. The minimum Gasteiger partial charge on any atom is -0.497 e. The maximum absolute atomic E-state index is 5.25. The number of methoxy groups -OCH3 is 1. The van der Waals surface area contributed by atoms with Crippen LogP contribution in [0.1, 0.15) is 22.6 Å². The number of rotatable bonds is 3. The van der Waals surface area contributed by atoms with Gasteiger partial charge in [0.2, 0.25) is 0 Å². The molecule has 4 rings (SSSR count). The molecule has 0 bridgehead atoms. The maximum atomic E-state index is 5.25. The molecule has 0 spiro atoms. The zero-order chi connectivity index (χ0) is 14.9. The van der Waals surface area contributed by atoms with Crippen LogP contribution in [-0.2, 0) is 6.42 Å². The molecule has 0 saturated carbocycles. The van der Waals surface area contributed by atoms with Crippen molar-refractivity contribution in [2.24, 2.45) is 0 Å². The fraction of sp³-hybridized carbons (Fsp3) is 0.143. The van der Waals surface area contributed by atoms with Gasteiger partial charge in [0.05, 0.1) is 7.11 Å². The van der Waals surface area contributed by atoms with Crippen LogP contribution < -0.4 is 4.74 Å². The van der Waals surface area contributed by atoms with E-state index >= 15 is 0 Å². The highest BCUT2D eigenvalue weighted by Gasteiger charge is 2.27. The van der Waals surface area contributed by atoms with Crippen LogP contribution in [0.25, 0.3) is 11.1 Å². The Labute approximate surface area is 131 Å². The Morgan fingerprint density at radius 2 is 1.27 bits per heavy atom. The van der Waals surface area contributed by atoms with Gasteiger partial charge in [-0.25, -0.2) is 0 Å². The van der Waals surface area contributed by atoms with Crippen LogP contribution >= 0.6 is 0 Å². The van der Waals surface area contributed by atoms with Crippen molar-refractivity contribution in [3.8, 4) is 16.9 Å². The molecule has 3 aromatic rings. The van der Waals surface area contributed by atoms with E-state index in [1.54, 1.807) is 7.11 Å². The fourth-order valence-electron chi connectivity index (χ4n) is 3.48. The van der Waals surface area contributed by atoms with Crippen molar-refractivity contribution in [2.75, 3.05) is 7.11 Å². The quantitative estimate of drug-likeness (QED) is 0.654. The third-order valence-electron chi connectivity index (χ3n) is 4.56. The van der Waals surface area contributed by atoms with E-state index in [9.17, 15) is 0 Å². The standard InChI is InChI=1S/C21H18O/c1-22-16-12-10-15(11-13-16)14-21-19-8-4-2-6-17(19)18-7-3-5-9-20(18)21/h2-13,21H,14H2,1H3. The molecule has 0 aromatic heterocycles. The van der Waals surface area contributed by atoms with Gasteiger partial charge in [0.25, 0.3) is 0 Å². The summed E-state index contributed by atoms with van der Waals surface area (Å²) in [5.74, 6) is 1.36. The summed E-state index contributed by atoms with van der Waals surface area (Å²) in [5.41, 5.74) is 7.00. The van der Waals surface area contributed by atoms with E-state index in [-0.39, 0.29) is 0 Å². The van der Waals surface area contributed by atoms with E-state index in [1.807, 2.05) is 12.1 Å². The summed E-state index contributed by atoms with van der Waals surface area (Å²) in [6.07, 6.45) is 1.03. The van der Waals surface area contributed by atoms with Gasteiger partial charge in [-0.15, -0.1) is 0 Å². The molecule has 0 unspecified atom stereocenters. The molecule has 0 saturated heterocycles. The molecule has 0 amide bonds. The van der Waals surface area contributed by atoms with Gasteiger partial charge in [-0.2, -0.15) is 0 Å². The van der Waals surface area contributed by atoms with Crippen LogP contribution in [0.4, 0.5) is 0 Å². The van der Waals surface area contributed by atoms with Crippen LogP contribution in [0.5, 0.6) is 5.75 Å². The van der Waals surface area contributed by atoms with Gasteiger partial charge in [0.15, 0.2) is 0 Å². The van der Waals surface area contributed by atoms with E-state index in [4.69, 9.17) is 4.74 Å². The largest absolute Gasteiger partial charge is 0.497 e. The van der Waals surface area contributed by atoms with E-state index < -0.39 is 0 Å². The van der Waals surface area contributed by atoms with Crippen molar-refractivity contribution in [1.29, 1.82) is 0 Å². The van der Waals surface area contributed by atoms with Gasteiger partial charge in [-0.05, 0) is 46.4 Å². The summed E-state index contributed by atoms with van der Waals surface area (Å²) in [5, 5.41) is 0. The first-order chi connectivity index (χ1) is 10.9. The molecule has 1 nitrogen and oxygen atoms in total. The molecule has 0 aliphatic heterocycles. The second-order valence-electron chi connectivity index (χ2n) is 5.78. The van der Waals surface area contributed by atoms with Gasteiger partial charge in [-0.3, -0.25) is 0 Å². The molecule has 0 fully saturated rings. The van der Waals surface area contributed by atoms with Crippen LogP contribution in [-0.4, -0.2) is 7.11 Å². The van der Waals surface area contributed by atoms with E-state index in [1.165, 1.54) is 27.8 Å². The van der Waals surface area contributed by atoms with Crippen molar-refractivity contribution in [3.05, 3.63) is 89.5 Å². The third-order valence-corrected chi connectivity index (χ3v) is 4.56. The lowest BCUT2D eigenvalue weighted by atomic mass is 9.90. The zero-order valence-corrected chi connectivity index (χ0v) is 12.6. The Morgan fingerprint density at radius 3 is 1.82 bits per heavy atom. The summed E-state index contributed by atoms with van der Waals surface area (Å²) in [6.45, 7) is 0. The number of ether oxygens (including phenoxy) is 1. The summed E-state index contributed by atoms with van der Waals surface area (Å²) in [6, 6.07) is 26.0. The number of benzene rings is 3. The smallest absolute Gasteiger partial charge is 0.118 e. The second-order valence-corrected chi connectivity index (χ2v) is 5.78. The van der Waals surface area contributed by atoms with Gasteiger partial charge in [-0.1, -0.05) is 60.7 Å². The second kappa shape index (κ2) is 5.34. The first-order valence-electron chi connectivity index (χ1n) is 7.68. The Kier molecular flexibility index (Phi) is 3.19. The Hall–Kier alpha value is -2.54. The monoisotopic (exact) mass is 286 g/mol. The van der Waals surface area contributed by atoms with Crippen LogP contribution in [0.15, 0.2) is 72.8 Å². The topological polar surface area (TPSA) is 9.23 Å². The number of hydrogen-bond donors (Lipinski definition) is 0. The lowest BCUT2D eigenvalue weighted by Gasteiger charge is -2.14. The van der Waals surface area contributed by atoms with Crippen molar-refractivity contribution in [2.45, 2.75) is 12.3 Å². The van der Waals surface area contributed by atoms with Crippen molar-refractivity contribution >= 4 is 0 Å². The molecule has 3 aromatic carbocycles. The zero-order valence-electron chi connectivity index (χ0n) is 12.6. The predicted molar refractivity (Wildman–Crippen MR) is 90.4 cm³/mol. The van der Waals surface area contributed by atoms with Gasteiger partial charge >= 0.3 is 0 Å². The van der Waals surface area contributed by atoms with Crippen LogP contribution in [0, 0.1) is 0 Å². The van der Waals surface area contributed by atoms with Gasteiger partial charge in [0, 0.05) is 5.92 Å². The minimum atomic E-state index is 0.445. The molecule has 108 valence electrons. The van der Waals surface area contributed by atoms with Crippen molar-refractivity contribution < 1.29 is 4.74 Å². The first kappa shape index (κ1) is 13.1. The molecule has 1 aliphatic rings. The third kappa shape index (κ3) is 2.10. The van der Waals surface area contributed by atoms with Crippen LogP contribution in [0.3, 0.4) is 0 Å². The molecule has 1 aliphatic carbocycles. The van der Waals surface area contributed by atoms with E-state index in [0.29, 0.717) is 5.92 Å². The lowest BCUT2D eigenvalue weighted by Crippen LogP contribution is -2.01. The van der Waals surface area contributed by atoms with Gasteiger partial charge < -0.3 is 4.74 Å². The highest BCUT2D eigenvalue weighted by Crippen LogP contribution is 2.45. The molecule has 0 heterocycles. The SMILES string of the molecule is COc1ccc(CC2c3ccccc3-c3ccccc32)cc1. The van der Waals surface area contributed by atoms with E-state index in [2.05, 4.69) is 60.7 Å². The summed E-state index contributed by atoms with van der Waals surface area (Å²) in [7, 11) is 1.71. The predicted octanol–water partition coefficient (Wildman–Crippen LogP) is 5.05. The van der Waals surface area contributed by atoms with E-state index in [0.717, 1.165) is 12.2 Å². The van der Waals surface area contributed by atoms with Crippen LogP contribution in [0.2, 0.25) is 0 Å². The first-order valence-corrected chi connectivity index (χ1v) is 7.68. The average molecular weight is 286 g/mol. The number of fused-ring (bicyclic) bond motifs is 3. The number of hydrogen-bond acceptors (Lipinski definition) is 1. The summed E-state index contributed by atoms with van der Waals surface area (Å²) < 4.78 is 5.25. The van der Waals surface area contributed by atoms with Crippen molar-refractivity contribution in [1.82, 2.24) is 0 Å². The molecule has 0 radical (unpaired) electrons. The normalized spacial score (nSPS) is 12.8. The Balaban J connectivity index is 1.74. The minimum absolute atomic E-state index is 0.445. The Bertz CT molecular complexity index is 757. The molecular weight excluding hydrogens is 268 g/mol. The highest BCUT2D eigenvalue weighted by atomic mass is 16.5. The fourth-order valence-corrected chi connectivity index (χ4v) is 3.48.